The van der Waals surface area contributed by atoms with Crippen LogP contribution in [-0.4, -0.2) is 11.4 Å². The summed E-state index contributed by atoms with van der Waals surface area (Å²) in [4.78, 5) is 4.91. The molecule has 0 spiro atoms. The standard InChI is InChI=1S/C13H9NOS2/c15-14-8-9-4-3-7-12-13(9)17-11-6-2-1-5-10(11)16-12/h1-8,15H/b14-8+. The minimum Gasteiger partial charge on any atom is -0.411 e. The van der Waals surface area contributed by atoms with Crippen LogP contribution in [0, 0.1) is 0 Å². The monoisotopic (exact) mass is 259 g/mol. The van der Waals surface area contributed by atoms with Gasteiger partial charge < -0.3 is 5.21 Å². The maximum atomic E-state index is 8.67. The van der Waals surface area contributed by atoms with E-state index in [1.165, 1.54) is 20.9 Å². The smallest absolute Gasteiger partial charge is 0.0745 e. The van der Waals surface area contributed by atoms with Gasteiger partial charge in [-0.1, -0.05) is 52.9 Å². The zero-order chi connectivity index (χ0) is 11.7. The SMILES string of the molecule is O/N=C/c1cccc2c1Sc1ccccc1S2. The number of benzene rings is 2. The fraction of sp³-hybridized carbons (Fsp3) is 0. The predicted molar refractivity (Wildman–Crippen MR) is 70.5 cm³/mol. The molecule has 2 aromatic carbocycles. The number of hydrogen-bond acceptors (Lipinski definition) is 4. The minimum atomic E-state index is 0.956. The molecule has 0 saturated heterocycles. The van der Waals surface area contributed by atoms with Crippen molar-refractivity contribution in [3.05, 3.63) is 48.0 Å². The van der Waals surface area contributed by atoms with E-state index >= 15 is 0 Å². The molecule has 17 heavy (non-hydrogen) atoms. The third kappa shape index (κ3) is 1.94. The van der Waals surface area contributed by atoms with E-state index in [0.29, 0.717) is 0 Å². The van der Waals surface area contributed by atoms with Gasteiger partial charge in [-0.15, -0.1) is 0 Å². The summed E-state index contributed by atoms with van der Waals surface area (Å²) in [5.74, 6) is 0. The molecule has 0 saturated carbocycles. The molecule has 0 amide bonds. The molecule has 2 aromatic rings. The Bertz CT molecular complexity index is 596. The van der Waals surface area contributed by atoms with Crippen LogP contribution in [0.4, 0.5) is 0 Å². The van der Waals surface area contributed by atoms with Crippen LogP contribution in [-0.2, 0) is 0 Å². The van der Waals surface area contributed by atoms with Crippen molar-refractivity contribution in [2.45, 2.75) is 19.6 Å². The summed E-state index contributed by atoms with van der Waals surface area (Å²) in [6, 6.07) is 14.4. The lowest BCUT2D eigenvalue weighted by atomic mass is 10.2. The molecule has 3 rings (SSSR count). The third-order valence-electron chi connectivity index (χ3n) is 2.49. The van der Waals surface area contributed by atoms with E-state index in [4.69, 9.17) is 5.21 Å². The van der Waals surface area contributed by atoms with E-state index in [-0.39, 0.29) is 0 Å². The summed E-state index contributed by atoms with van der Waals surface area (Å²) in [5, 5.41) is 11.8. The predicted octanol–water partition coefficient (Wildman–Crippen LogP) is 4.11. The Morgan fingerprint density at radius 2 is 1.59 bits per heavy atom. The molecule has 0 radical (unpaired) electrons. The number of fused-ring (bicyclic) bond motifs is 2. The fourth-order valence-electron chi connectivity index (χ4n) is 1.73. The van der Waals surface area contributed by atoms with Crippen molar-refractivity contribution in [2.24, 2.45) is 5.16 Å². The number of nitrogens with zero attached hydrogens (tertiary/aromatic N) is 1. The lowest BCUT2D eigenvalue weighted by Crippen LogP contribution is -1.94. The Labute approximate surface area is 108 Å². The van der Waals surface area contributed by atoms with Gasteiger partial charge >= 0.3 is 0 Å². The van der Waals surface area contributed by atoms with Crippen LogP contribution in [0.25, 0.3) is 0 Å². The second kappa shape index (κ2) is 4.47. The summed E-state index contributed by atoms with van der Waals surface area (Å²) in [6.07, 6.45) is 1.49. The third-order valence-corrected chi connectivity index (χ3v) is 5.12. The van der Waals surface area contributed by atoms with Crippen LogP contribution in [0.2, 0.25) is 0 Å². The maximum absolute atomic E-state index is 8.67. The first-order valence-corrected chi connectivity index (χ1v) is 6.77. The fourth-order valence-corrected chi connectivity index (χ4v) is 4.09. The molecule has 0 fully saturated rings. The molecule has 0 aliphatic carbocycles. The van der Waals surface area contributed by atoms with Crippen LogP contribution >= 0.6 is 23.5 Å². The highest BCUT2D eigenvalue weighted by atomic mass is 32.2. The second-order valence-corrected chi connectivity index (χ2v) is 5.71. The summed E-state index contributed by atoms with van der Waals surface area (Å²) in [6.45, 7) is 0. The molecule has 0 bridgehead atoms. The van der Waals surface area contributed by atoms with Crippen molar-refractivity contribution < 1.29 is 5.21 Å². The zero-order valence-corrected chi connectivity index (χ0v) is 10.5. The van der Waals surface area contributed by atoms with Crippen molar-refractivity contribution in [2.75, 3.05) is 0 Å². The van der Waals surface area contributed by atoms with Gasteiger partial charge in [0.2, 0.25) is 0 Å². The van der Waals surface area contributed by atoms with E-state index in [0.717, 1.165) is 10.5 Å². The summed E-state index contributed by atoms with van der Waals surface area (Å²) < 4.78 is 0. The van der Waals surface area contributed by atoms with Gasteiger partial charge in [0.15, 0.2) is 0 Å². The van der Waals surface area contributed by atoms with Gasteiger partial charge in [-0.05, 0) is 18.2 Å². The zero-order valence-electron chi connectivity index (χ0n) is 8.83. The van der Waals surface area contributed by atoms with Crippen molar-refractivity contribution in [3.8, 4) is 0 Å². The van der Waals surface area contributed by atoms with Crippen molar-refractivity contribution in [1.29, 1.82) is 0 Å². The largest absolute Gasteiger partial charge is 0.411 e. The Hall–Kier alpha value is -1.39. The van der Waals surface area contributed by atoms with Gasteiger partial charge in [0.05, 0.1) is 6.21 Å². The van der Waals surface area contributed by atoms with Crippen LogP contribution in [0.5, 0.6) is 0 Å². The molecule has 2 nitrogen and oxygen atoms in total. The van der Waals surface area contributed by atoms with Crippen molar-refractivity contribution in [3.63, 3.8) is 0 Å². The Balaban J connectivity index is 2.11. The van der Waals surface area contributed by atoms with Crippen LogP contribution in [0.1, 0.15) is 5.56 Å². The quantitative estimate of drug-likeness (QED) is 0.405. The first-order valence-electron chi connectivity index (χ1n) is 5.13. The number of rotatable bonds is 1. The van der Waals surface area contributed by atoms with E-state index < -0.39 is 0 Å². The van der Waals surface area contributed by atoms with Gasteiger partial charge in [0.25, 0.3) is 0 Å². The van der Waals surface area contributed by atoms with Gasteiger partial charge in [-0.25, -0.2) is 0 Å². The highest BCUT2D eigenvalue weighted by molar-refractivity contribution is 8.05. The highest BCUT2D eigenvalue weighted by Gasteiger charge is 2.18. The molecule has 1 aliphatic rings. The van der Waals surface area contributed by atoms with E-state index in [1.54, 1.807) is 23.5 Å². The van der Waals surface area contributed by atoms with Gasteiger partial charge in [-0.2, -0.15) is 0 Å². The molecule has 1 heterocycles. The van der Waals surface area contributed by atoms with Gasteiger partial charge in [-0.3, -0.25) is 0 Å². The lowest BCUT2D eigenvalue weighted by Gasteiger charge is -2.19. The van der Waals surface area contributed by atoms with Gasteiger partial charge in [0.1, 0.15) is 0 Å². The number of hydrogen-bond donors (Lipinski definition) is 1. The lowest BCUT2D eigenvalue weighted by molar-refractivity contribution is 0.321. The molecule has 1 N–H and O–H groups in total. The minimum absolute atomic E-state index is 0.956. The maximum Gasteiger partial charge on any atom is 0.0745 e. The molecule has 1 aliphatic heterocycles. The van der Waals surface area contributed by atoms with Crippen LogP contribution in [0.3, 0.4) is 0 Å². The van der Waals surface area contributed by atoms with Crippen molar-refractivity contribution in [1.82, 2.24) is 0 Å². The average molecular weight is 259 g/mol. The highest BCUT2D eigenvalue weighted by Crippen LogP contribution is 2.49. The molecule has 0 atom stereocenters. The van der Waals surface area contributed by atoms with E-state index in [1.807, 2.05) is 18.2 Å². The van der Waals surface area contributed by atoms with Crippen LogP contribution < -0.4 is 0 Å². The van der Waals surface area contributed by atoms with Crippen LogP contribution in [0.15, 0.2) is 67.2 Å². The average Bonchev–Trinajstić information content (AvgIpc) is 2.37. The number of oxime groups is 1. The van der Waals surface area contributed by atoms with E-state index in [9.17, 15) is 0 Å². The summed E-state index contributed by atoms with van der Waals surface area (Å²) >= 11 is 3.48. The topological polar surface area (TPSA) is 32.6 Å². The summed E-state index contributed by atoms with van der Waals surface area (Å²) in [5.41, 5.74) is 0.956. The van der Waals surface area contributed by atoms with Gasteiger partial charge in [0, 0.05) is 25.1 Å². The first-order chi connectivity index (χ1) is 8.38. The molecule has 4 heteroatoms. The Morgan fingerprint density at radius 1 is 0.882 bits per heavy atom. The van der Waals surface area contributed by atoms with E-state index in [2.05, 4.69) is 29.4 Å². The molecule has 0 unspecified atom stereocenters. The summed E-state index contributed by atoms with van der Waals surface area (Å²) in [7, 11) is 0. The molecule has 0 aromatic heterocycles. The molecular formula is C13H9NOS2. The van der Waals surface area contributed by atoms with Crippen molar-refractivity contribution >= 4 is 29.7 Å². The normalized spacial score (nSPS) is 13.4. The Kier molecular flexibility index (Phi) is 2.82. The molecular weight excluding hydrogens is 250 g/mol. The Morgan fingerprint density at radius 3 is 2.35 bits per heavy atom. The first kappa shape index (κ1) is 10.7. The molecule has 84 valence electrons. The second-order valence-electron chi connectivity index (χ2n) is 3.57.